The van der Waals surface area contributed by atoms with Gasteiger partial charge in [-0.25, -0.2) is 4.98 Å². The molecule has 0 aliphatic heterocycles. The Kier molecular flexibility index (Phi) is 2.05. The largest absolute Gasteiger partial charge is 0.508 e. The van der Waals surface area contributed by atoms with Crippen molar-refractivity contribution in [1.29, 1.82) is 0 Å². The van der Waals surface area contributed by atoms with Crippen LogP contribution >= 0.6 is 11.5 Å². The fourth-order valence-corrected chi connectivity index (χ4v) is 2.45. The van der Waals surface area contributed by atoms with Crippen LogP contribution in [-0.4, -0.2) is 19.4 Å². The smallest absolute Gasteiger partial charge is 0.143 e. The number of nitrogen functional groups attached to an aromatic ring is 1. The summed E-state index contributed by atoms with van der Waals surface area (Å²) < 4.78 is 4.19. The molecular weight excluding hydrogens is 236 g/mol. The van der Waals surface area contributed by atoms with Crippen LogP contribution in [0.1, 0.15) is 5.69 Å². The van der Waals surface area contributed by atoms with Gasteiger partial charge >= 0.3 is 0 Å². The van der Waals surface area contributed by atoms with Gasteiger partial charge in [-0.2, -0.15) is 4.37 Å². The second-order valence-electron chi connectivity index (χ2n) is 3.79. The Labute approximate surface area is 101 Å². The van der Waals surface area contributed by atoms with Gasteiger partial charge in [-0.15, -0.1) is 0 Å². The van der Waals surface area contributed by atoms with Crippen molar-refractivity contribution in [3.8, 4) is 17.1 Å². The van der Waals surface area contributed by atoms with Crippen molar-refractivity contribution in [2.75, 3.05) is 5.73 Å². The highest BCUT2D eigenvalue weighted by Crippen LogP contribution is 2.32. The van der Waals surface area contributed by atoms with Crippen LogP contribution in [0.2, 0.25) is 0 Å². The summed E-state index contributed by atoms with van der Waals surface area (Å²) in [5.74, 6) is 0.898. The molecule has 0 spiro atoms. The Hall–Kier alpha value is -2.08. The molecule has 0 aliphatic carbocycles. The summed E-state index contributed by atoms with van der Waals surface area (Å²) in [5.41, 5.74) is 9.14. The minimum atomic E-state index is 0.209. The maximum absolute atomic E-state index is 9.40. The third-order valence-electron chi connectivity index (χ3n) is 2.59. The number of aromatic hydroxyl groups is 1. The van der Waals surface area contributed by atoms with Crippen LogP contribution in [-0.2, 0) is 0 Å². The van der Waals surface area contributed by atoms with Gasteiger partial charge in [0.1, 0.15) is 16.6 Å². The predicted molar refractivity (Wildman–Crippen MR) is 68.0 cm³/mol. The third kappa shape index (κ3) is 1.53. The fourth-order valence-electron chi connectivity index (χ4n) is 1.79. The number of aromatic amines is 1. The molecule has 0 bridgehead atoms. The Morgan fingerprint density at radius 3 is 2.94 bits per heavy atom. The van der Waals surface area contributed by atoms with Gasteiger partial charge in [-0.1, -0.05) is 0 Å². The summed E-state index contributed by atoms with van der Waals surface area (Å²) in [5, 5.41) is 10.0. The first-order valence-electron chi connectivity index (χ1n) is 5.06. The Morgan fingerprint density at radius 2 is 2.24 bits per heavy atom. The highest BCUT2D eigenvalue weighted by atomic mass is 32.1. The van der Waals surface area contributed by atoms with Crippen molar-refractivity contribution >= 4 is 27.6 Å². The van der Waals surface area contributed by atoms with Gasteiger partial charge in [0.15, 0.2) is 0 Å². The van der Waals surface area contributed by atoms with E-state index >= 15 is 0 Å². The summed E-state index contributed by atoms with van der Waals surface area (Å²) in [6.07, 6.45) is 0. The molecule has 2 heterocycles. The molecule has 6 heteroatoms. The summed E-state index contributed by atoms with van der Waals surface area (Å²) >= 11 is 1.26. The van der Waals surface area contributed by atoms with Crippen molar-refractivity contribution in [2.45, 2.75) is 6.92 Å². The normalized spacial score (nSPS) is 11.1. The number of nitrogens with two attached hydrogens (primary N) is 1. The number of fused-ring (bicyclic) bond motifs is 1. The topological polar surface area (TPSA) is 87.8 Å². The molecule has 0 radical (unpaired) electrons. The molecule has 0 saturated carbocycles. The quantitative estimate of drug-likeness (QED) is 0.614. The van der Waals surface area contributed by atoms with Crippen LogP contribution in [0.5, 0.6) is 5.75 Å². The van der Waals surface area contributed by atoms with E-state index in [0.717, 1.165) is 22.3 Å². The first-order chi connectivity index (χ1) is 8.15. The highest BCUT2D eigenvalue weighted by molar-refractivity contribution is 7.10. The first-order valence-corrected chi connectivity index (χ1v) is 5.83. The molecule has 0 saturated heterocycles. The lowest BCUT2D eigenvalue weighted by Gasteiger charge is -1.94. The maximum atomic E-state index is 9.40. The van der Waals surface area contributed by atoms with Gasteiger partial charge in [-0.3, -0.25) is 0 Å². The Balaban J connectivity index is 2.25. The number of anilines is 1. The van der Waals surface area contributed by atoms with Crippen molar-refractivity contribution in [3.63, 3.8) is 0 Å². The summed E-state index contributed by atoms with van der Waals surface area (Å²) in [6, 6.07) is 5.00. The second-order valence-corrected chi connectivity index (χ2v) is 4.60. The number of hydrogen-bond acceptors (Lipinski definition) is 5. The maximum Gasteiger partial charge on any atom is 0.143 e. The van der Waals surface area contributed by atoms with E-state index in [2.05, 4.69) is 14.3 Å². The minimum Gasteiger partial charge on any atom is -0.508 e. The summed E-state index contributed by atoms with van der Waals surface area (Å²) in [6.45, 7) is 1.90. The van der Waals surface area contributed by atoms with E-state index in [1.807, 2.05) is 6.92 Å². The van der Waals surface area contributed by atoms with E-state index < -0.39 is 0 Å². The fraction of sp³-hybridized carbons (Fsp3) is 0.0909. The standard InChI is InChI=1S/C11H10N4OS/c1-5-9(10(12)17-15-5)11-13-7-3-2-6(16)4-8(7)14-11/h2-4,16H,12H2,1H3,(H,13,14). The van der Waals surface area contributed by atoms with Crippen LogP contribution in [0.25, 0.3) is 22.4 Å². The van der Waals surface area contributed by atoms with Crippen LogP contribution in [0.4, 0.5) is 5.00 Å². The Morgan fingerprint density at radius 1 is 1.41 bits per heavy atom. The van der Waals surface area contributed by atoms with Crippen LogP contribution in [0.3, 0.4) is 0 Å². The molecule has 1 aromatic carbocycles. The van der Waals surface area contributed by atoms with E-state index in [1.54, 1.807) is 18.2 Å². The monoisotopic (exact) mass is 246 g/mol. The summed E-state index contributed by atoms with van der Waals surface area (Å²) in [4.78, 5) is 7.57. The van der Waals surface area contributed by atoms with E-state index in [9.17, 15) is 5.11 Å². The average Bonchev–Trinajstić information content (AvgIpc) is 2.81. The van der Waals surface area contributed by atoms with E-state index in [-0.39, 0.29) is 5.75 Å². The van der Waals surface area contributed by atoms with Gasteiger partial charge in [0.2, 0.25) is 0 Å². The molecule has 0 atom stereocenters. The highest BCUT2D eigenvalue weighted by Gasteiger charge is 2.14. The molecule has 3 aromatic rings. The zero-order chi connectivity index (χ0) is 12.0. The van der Waals surface area contributed by atoms with Crippen LogP contribution in [0, 0.1) is 6.92 Å². The van der Waals surface area contributed by atoms with Gasteiger partial charge < -0.3 is 15.8 Å². The number of benzene rings is 1. The SMILES string of the molecule is Cc1nsc(N)c1-c1nc2ccc(O)cc2[nH]1. The number of rotatable bonds is 1. The number of aromatic nitrogens is 3. The van der Waals surface area contributed by atoms with Gasteiger partial charge in [0, 0.05) is 6.07 Å². The number of aryl methyl sites for hydroxylation is 1. The third-order valence-corrected chi connectivity index (χ3v) is 3.36. The molecular formula is C11H10N4OS. The number of nitrogens with zero attached hydrogens (tertiary/aromatic N) is 2. The minimum absolute atomic E-state index is 0.209. The molecule has 0 fully saturated rings. The molecule has 0 unspecified atom stereocenters. The van der Waals surface area contributed by atoms with Crippen molar-refractivity contribution < 1.29 is 5.11 Å². The number of H-pyrrole nitrogens is 1. The van der Waals surface area contributed by atoms with Crippen molar-refractivity contribution in [3.05, 3.63) is 23.9 Å². The number of phenolic OH excluding ortho intramolecular Hbond substituents is 1. The number of phenols is 1. The zero-order valence-corrected chi connectivity index (χ0v) is 9.88. The number of nitrogens with one attached hydrogen (secondary N) is 1. The predicted octanol–water partition coefficient (Wildman–Crippen LogP) is 2.28. The lowest BCUT2D eigenvalue weighted by molar-refractivity contribution is 0.476. The molecule has 86 valence electrons. The van der Waals surface area contributed by atoms with Gasteiger partial charge in [-0.05, 0) is 30.6 Å². The first kappa shape index (κ1) is 10.1. The molecule has 0 aliphatic rings. The number of imidazole rings is 1. The molecule has 4 N–H and O–H groups in total. The zero-order valence-electron chi connectivity index (χ0n) is 9.06. The lowest BCUT2D eigenvalue weighted by Crippen LogP contribution is -1.87. The molecule has 0 amide bonds. The molecule has 2 aromatic heterocycles. The Bertz CT molecular complexity index is 681. The van der Waals surface area contributed by atoms with Gasteiger partial charge in [0.05, 0.1) is 22.3 Å². The van der Waals surface area contributed by atoms with Crippen LogP contribution in [0.15, 0.2) is 18.2 Å². The molecule has 5 nitrogen and oxygen atoms in total. The molecule has 3 rings (SSSR count). The van der Waals surface area contributed by atoms with Crippen molar-refractivity contribution in [1.82, 2.24) is 14.3 Å². The van der Waals surface area contributed by atoms with Crippen LogP contribution < -0.4 is 5.73 Å². The average molecular weight is 246 g/mol. The lowest BCUT2D eigenvalue weighted by atomic mass is 10.2. The molecule has 17 heavy (non-hydrogen) atoms. The van der Waals surface area contributed by atoms with Gasteiger partial charge in [0.25, 0.3) is 0 Å². The van der Waals surface area contributed by atoms with E-state index in [1.165, 1.54) is 11.5 Å². The van der Waals surface area contributed by atoms with E-state index in [0.29, 0.717) is 10.8 Å². The van der Waals surface area contributed by atoms with Crippen molar-refractivity contribution in [2.24, 2.45) is 0 Å². The summed E-state index contributed by atoms with van der Waals surface area (Å²) in [7, 11) is 0. The number of hydrogen-bond donors (Lipinski definition) is 3. The van der Waals surface area contributed by atoms with E-state index in [4.69, 9.17) is 5.73 Å². The second kappa shape index (κ2) is 3.46.